The minimum absolute atomic E-state index is 0.0275. The zero-order valence-electron chi connectivity index (χ0n) is 14.8. The Hall–Kier alpha value is -3.62. The van der Waals surface area contributed by atoms with E-state index in [9.17, 15) is 19.7 Å². The number of hydrogen-bond acceptors (Lipinski definition) is 5. The van der Waals surface area contributed by atoms with Crippen LogP contribution in [0.5, 0.6) is 5.75 Å². The largest absolute Gasteiger partial charge is 0.495 e. The average molecular weight is 370 g/mol. The number of rotatable bonds is 6. The number of methoxy groups -OCH3 is 1. The molecule has 3 rings (SSSR count). The lowest BCUT2D eigenvalue weighted by molar-refractivity contribution is -0.384. The van der Waals surface area contributed by atoms with E-state index in [2.05, 4.69) is 5.32 Å². The maximum absolute atomic E-state index is 12.4. The van der Waals surface area contributed by atoms with Crippen LogP contribution in [0.4, 0.5) is 11.4 Å². The van der Waals surface area contributed by atoms with Gasteiger partial charge in [0.2, 0.25) is 5.91 Å². The van der Waals surface area contributed by atoms with Crippen molar-refractivity contribution in [2.24, 2.45) is 7.05 Å². The molecule has 27 heavy (non-hydrogen) atoms. The number of imidazole rings is 1. The highest BCUT2D eigenvalue weighted by Gasteiger charge is 2.15. The lowest BCUT2D eigenvalue weighted by atomic mass is 10.2. The summed E-state index contributed by atoms with van der Waals surface area (Å²) >= 11 is 0. The second kappa shape index (κ2) is 7.32. The maximum Gasteiger partial charge on any atom is 0.328 e. The van der Waals surface area contributed by atoms with Gasteiger partial charge in [0, 0.05) is 32.1 Å². The summed E-state index contributed by atoms with van der Waals surface area (Å²) in [6.07, 6.45) is 0.0275. The number of amides is 1. The Kier molecular flexibility index (Phi) is 4.93. The van der Waals surface area contributed by atoms with E-state index in [1.165, 1.54) is 34.4 Å². The third-order valence-corrected chi connectivity index (χ3v) is 4.28. The molecule has 0 spiro atoms. The highest BCUT2D eigenvalue weighted by atomic mass is 16.6. The first-order valence-electron chi connectivity index (χ1n) is 8.19. The molecule has 0 saturated heterocycles. The molecular formula is C18H18N4O5. The van der Waals surface area contributed by atoms with Gasteiger partial charge in [0.1, 0.15) is 5.75 Å². The van der Waals surface area contributed by atoms with Crippen LogP contribution in [-0.2, 0) is 18.4 Å². The van der Waals surface area contributed by atoms with Crippen molar-refractivity contribution >= 4 is 28.3 Å². The normalized spacial score (nSPS) is 10.7. The van der Waals surface area contributed by atoms with Gasteiger partial charge in [-0.1, -0.05) is 12.1 Å². The van der Waals surface area contributed by atoms with Crippen LogP contribution in [0, 0.1) is 10.1 Å². The van der Waals surface area contributed by atoms with Crippen molar-refractivity contribution in [3.63, 3.8) is 0 Å². The third-order valence-electron chi connectivity index (χ3n) is 4.28. The van der Waals surface area contributed by atoms with Crippen LogP contribution >= 0.6 is 0 Å². The number of non-ortho nitro benzene ring substituents is 1. The van der Waals surface area contributed by atoms with E-state index in [-0.39, 0.29) is 35.9 Å². The quantitative estimate of drug-likeness (QED) is 0.529. The highest BCUT2D eigenvalue weighted by molar-refractivity contribution is 5.92. The van der Waals surface area contributed by atoms with Gasteiger partial charge in [-0.05, 0) is 18.2 Å². The zero-order valence-corrected chi connectivity index (χ0v) is 14.8. The Bertz CT molecular complexity index is 1080. The molecule has 0 aliphatic carbocycles. The average Bonchev–Trinajstić information content (AvgIpc) is 2.91. The predicted octanol–water partition coefficient (Wildman–Crippen LogP) is 2.29. The Morgan fingerprint density at radius 3 is 2.59 bits per heavy atom. The number of anilines is 1. The Balaban J connectivity index is 1.78. The van der Waals surface area contributed by atoms with E-state index in [0.717, 1.165) is 11.0 Å². The summed E-state index contributed by atoms with van der Waals surface area (Å²) in [4.78, 5) is 35.1. The van der Waals surface area contributed by atoms with Crippen LogP contribution in [0.15, 0.2) is 47.3 Å². The number of nitrogens with one attached hydrogen (secondary N) is 1. The van der Waals surface area contributed by atoms with Gasteiger partial charge in [0.15, 0.2) is 0 Å². The minimum Gasteiger partial charge on any atom is -0.495 e. The maximum atomic E-state index is 12.4. The van der Waals surface area contributed by atoms with Crippen LogP contribution in [0.25, 0.3) is 11.0 Å². The molecule has 0 fully saturated rings. The Morgan fingerprint density at radius 2 is 1.93 bits per heavy atom. The molecule has 0 saturated carbocycles. The molecule has 0 aliphatic heterocycles. The van der Waals surface area contributed by atoms with Gasteiger partial charge in [-0.25, -0.2) is 4.79 Å². The predicted molar refractivity (Wildman–Crippen MR) is 100 cm³/mol. The van der Waals surface area contributed by atoms with Crippen molar-refractivity contribution in [3.8, 4) is 5.75 Å². The second-order valence-electron chi connectivity index (χ2n) is 5.92. The summed E-state index contributed by atoms with van der Waals surface area (Å²) in [7, 11) is 3.09. The summed E-state index contributed by atoms with van der Waals surface area (Å²) < 4.78 is 8.18. The Morgan fingerprint density at radius 1 is 1.22 bits per heavy atom. The zero-order chi connectivity index (χ0) is 19.6. The van der Waals surface area contributed by atoms with Crippen molar-refractivity contribution in [2.75, 3.05) is 12.4 Å². The molecule has 0 atom stereocenters. The van der Waals surface area contributed by atoms with Gasteiger partial charge >= 0.3 is 5.69 Å². The van der Waals surface area contributed by atoms with Crippen molar-refractivity contribution in [1.82, 2.24) is 9.13 Å². The lowest BCUT2D eigenvalue weighted by Crippen LogP contribution is -2.24. The van der Waals surface area contributed by atoms with E-state index >= 15 is 0 Å². The van der Waals surface area contributed by atoms with Crippen LogP contribution in [0.1, 0.15) is 6.42 Å². The molecule has 0 bridgehead atoms. The molecule has 1 N–H and O–H groups in total. The smallest absolute Gasteiger partial charge is 0.328 e. The standard InChI is InChI=1S/C18H18N4O5/c1-20-14-5-3-4-6-15(14)21(18(20)24)10-9-17(23)19-13-11-12(22(25)26)7-8-16(13)27-2/h3-8,11H,9-10H2,1-2H3,(H,19,23). The molecule has 0 radical (unpaired) electrons. The first kappa shape index (κ1) is 18.2. The van der Waals surface area contributed by atoms with E-state index in [0.29, 0.717) is 5.75 Å². The monoisotopic (exact) mass is 370 g/mol. The third kappa shape index (κ3) is 3.52. The van der Waals surface area contributed by atoms with E-state index in [1.807, 2.05) is 24.3 Å². The fourth-order valence-electron chi connectivity index (χ4n) is 2.91. The number of aromatic nitrogens is 2. The number of carbonyl (C=O) groups is 1. The van der Waals surface area contributed by atoms with Gasteiger partial charge in [0.05, 0.1) is 28.8 Å². The van der Waals surface area contributed by atoms with Gasteiger partial charge < -0.3 is 10.1 Å². The number of nitro groups is 1. The second-order valence-corrected chi connectivity index (χ2v) is 5.92. The van der Waals surface area contributed by atoms with Crippen molar-refractivity contribution in [1.29, 1.82) is 0 Å². The van der Waals surface area contributed by atoms with Gasteiger partial charge in [-0.2, -0.15) is 0 Å². The molecule has 1 amide bonds. The minimum atomic E-state index is -0.551. The highest BCUT2D eigenvalue weighted by Crippen LogP contribution is 2.29. The molecule has 0 unspecified atom stereocenters. The van der Waals surface area contributed by atoms with E-state index in [1.54, 1.807) is 7.05 Å². The number of fused-ring (bicyclic) bond motifs is 1. The number of ether oxygens (including phenoxy) is 1. The first-order valence-corrected chi connectivity index (χ1v) is 8.19. The van der Waals surface area contributed by atoms with Crippen LogP contribution in [-0.4, -0.2) is 27.1 Å². The number of benzene rings is 2. The number of nitro benzene ring substituents is 1. The molecule has 1 heterocycles. The summed E-state index contributed by atoms with van der Waals surface area (Å²) in [5.74, 6) is -0.0649. The molecule has 1 aromatic heterocycles. The van der Waals surface area contributed by atoms with Crippen LogP contribution < -0.4 is 15.7 Å². The summed E-state index contributed by atoms with van der Waals surface area (Å²) in [5, 5.41) is 13.5. The molecular weight excluding hydrogens is 352 g/mol. The summed E-state index contributed by atoms with van der Waals surface area (Å²) in [5.41, 5.74) is 1.37. The number of aryl methyl sites for hydroxylation is 2. The molecule has 9 heteroatoms. The van der Waals surface area contributed by atoms with Crippen molar-refractivity contribution in [3.05, 3.63) is 63.1 Å². The van der Waals surface area contributed by atoms with Crippen LogP contribution in [0.3, 0.4) is 0 Å². The van der Waals surface area contributed by atoms with Crippen LogP contribution in [0.2, 0.25) is 0 Å². The SMILES string of the molecule is COc1ccc([N+](=O)[O-])cc1NC(=O)CCn1c(=O)n(C)c2ccccc21. The van der Waals surface area contributed by atoms with Gasteiger partial charge in [-0.15, -0.1) is 0 Å². The number of carbonyl (C=O) groups excluding carboxylic acids is 1. The van der Waals surface area contributed by atoms with Crippen molar-refractivity contribution in [2.45, 2.75) is 13.0 Å². The number of para-hydroxylation sites is 2. The molecule has 0 aliphatic rings. The van der Waals surface area contributed by atoms with E-state index in [4.69, 9.17) is 4.74 Å². The van der Waals surface area contributed by atoms with E-state index < -0.39 is 4.92 Å². The first-order chi connectivity index (χ1) is 12.9. The topological polar surface area (TPSA) is 108 Å². The summed E-state index contributed by atoms with van der Waals surface area (Å²) in [6, 6.07) is 11.3. The number of hydrogen-bond donors (Lipinski definition) is 1. The molecule has 140 valence electrons. The lowest BCUT2D eigenvalue weighted by Gasteiger charge is -2.10. The number of nitrogens with zero attached hydrogens (tertiary/aromatic N) is 3. The summed E-state index contributed by atoms with van der Waals surface area (Å²) in [6.45, 7) is 0.184. The molecule has 2 aromatic carbocycles. The van der Waals surface area contributed by atoms with Gasteiger partial charge in [-0.3, -0.25) is 24.0 Å². The molecule has 3 aromatic rings. The van der Waals surface area contributed by atoms with Gasteiger partial charge in [0.25, 0.3) is 5.69 Å². The Labute approximate surface area is 153 Å². The fourth-order valence-corrected chi connectivity index (χ4v) is 2.91. The van der Waals surface area contributed by atoms with Crippen molar-refractivity contribution < 1.29 is 14.5 Å². The molecule has 9 nitrogen and oxygen atoms in total. The fraction of sp³-hybridized carbons (Fsp3) is 0.222.